The van der Waals surface area contributed by atoms with Crippen molar-refractivity contribution in [3.05, 3.63) is 0 Å². The molecule has 0 saturated carbocycles. The zero-order valence-electron chi connectivity index (χ0n) is 8.49. The van der Waals surface area contributed by atoms with E-state index in [1.54, 1.807) is 4.90 Å². The van der Waals surface area contributed by atoms with Crippen molar-refractivity contribution in [1.29, 1.82) is 0 Å². The molecule has 3 aliphatic heterocycles. The van der Waals surface area contributed by atoms with Crippen molar-refractivity contribution < 1.29 is 9.53 Å². The maximum atomic E-state index is 11.5. The average Bonchev–Trinajstić information content (AvgIpc) is 2.31. The van der Waals surface area contributed by atoms with Gasteiger partial charge in [-0.2, -0.15) is 0 Å². The third kappa shape index (κ3) is 0.595. The molecule has 0 aromatic rings. The van der Waals surface area contributed by atoms with Crippen LogP contribution in [0.2, 0.25) is 0 Å². The molecule has 5 nitrogen and oxygen atoms in total. The fourth-order valence-corrected chi connectivity index (χ4v) is 3.18. The Bertz CT molecular complexity index is 321. The van der Waals surface area contributed by atoms with Crippen LogP contribution in [0.4, 0.5) is 4.79 Å². The summed E-state index contributed by atoms with van der Waals surface area (Å²) in [7, 11) is 2.02. The molecule has 0 bridgehead atoms. The molecule has 5 heteroatoms. The fourth-order valence-electron chi connectivity index (χ4n) is 3.18. The first-order chi connectivity index (χ1) is 6.50. The number of nitrogens with two attached hydrogens (primary N) is 1. The van der Waals surface area contributed by atoms with Crippen LogP contribution in [0.15, 0.2) is 0 Å². The van der Waals surface area contributed by atoms with E-state index in [4.69, 9.17) is 10.5 Å². The Kier molecular flexibility index (Phi) is 1.25. The number of rotatable bonds is 0. The van der Waals surface area contributed by atoms with Crippen LogP contribution in [0, 0.1) is 5.92 Å². The summed E-state index contributed by atoms with van der Waals surface area (Å²) in [6.45, 7) is 4.09. The van der Waals surface area contributed by atoms with Crippen LogP contribution in [-0.2, 0) is 4.74 Å². The predicted octanol–water partition coefficient (Wildman–Crippen LogP) is -0.572. The third-order valence-electron chi connectivity index (χ3n) is 4.44. The fraction of sp³-hybridized carbons (Fsp3) is 0.889. The number of likely N-dealkylation sites (tertiary alicyclic amines) is 1. The molecule has 1 amide bonds. The molecule has 0 aliphatic carbocycles. The van der Waals surface area contributed by atoms with Gasteiger partial charge in [0.05, 0.1) is 18.7 Å². The summed E-state index contributed by atoms with van der Waals surface area (Å²) < 4.78 is 5.11. The van der Waals surface area contributed by atoms with Crippen LogP contribution in [0.5, 0.6) is 0 Å². The van der Waals surface area contributed by atoms with Crippen molar-refractivity contribution in [3.63, 3.8) is 0 Å². The van der Waals surface area contributed by atoms with Gasteiger partial charge >= 0.3 is 6.09 Å². The Morgan fingerprint density at radius 3 is 3.07 bits per heavy atom. The van der Waals surface area contributed by atoms with E-state index in [1.165, 1.54) is 0 Å². The summed E-state index contributed by atoms with van der Waals surface area (Å²) in [5.41, 5.74) is 5.77. The second kappa shape index (κ2) is 2.06. The minimum absolute atomic E-state index is 0.208. The highest BCUT2D eigenvalue weighted by Crippen LogP contribution is 2.52. The average molecular weight is 197 g/mol. The van der Waals surface area contributed by atoms with Crippen LogP contribution < -0.4 is 5.73 Å². The summed E-state index contributed by atoms with van der Waals surface area (Å²) in [5, 5.41) is 0. The molecule has 0 spiro atoms. The topological polar surface area (TPSA) is 58.8 Å². The molecule has 3 rings (SSSR count). The number of carbonyl (C=O) groups is 1. The molecule has 14 heavy (non-hydrogen) atoms. The highest BCUT2D eigenvalue weighted by molar-refractivity contribution is 5.73. The first-order valence-corrected chi connectivity index (χ1v) is 4.94. The zero-order chi connectivity index (χ0) is 10.1. The molecule has 3 atom stereocenters. The quantitative estimate of drug-likeness (QED) is 0.565. The van der Waals surface area contributed by atoms with E-state index in [-0.39, 0.29) is 17.3 Å². The van der Waals surface area contributed by atoms with Crippen molar-refractivity contribution in [2.75, 3.05) is 26.7 Å². The van der Waals surface area contributed by atoms with E-state index in [0.29, 0.717) is 19.1 Å². The SMILES string of the molecule is CN1CC2COC(=O)N3CC1(N)C23C. The van der Waals surface area contributed by atoms with Gasteiger partial charge in [0.15, 0.2) is 0 Å². The lowest BCUT2D eigenvalue weighted by molar-refractivity contribution is -0.145. The third-order valence-corrected chi connectivity index (χ3v) is 4.44. The van der Waals surface area contributed by atoms with Crippen molar-refractivity contribution in [2.45, 2.75) is 18.1 Å². The second-order valence-corrected chi connectivity index (χ2v) is 4.81. The van der Waals surface area contributed by atoms with Crippen LogP contribution in [0.1, 0.15) is 6.92 Å². The summed E-state index contributed by atoms with van der Waals surface area (Å²) in [6, 6.07) is 0. The predicted molar refractivity (Wildman–Crippen MR) is 49.5 cm³/mol. The van der Waals surface area contributed by atoms with Crippen molar-refractivity contribution >= 4 is 6.09 Å². The summed E-state index contributed by atoms with van der Waals surface area (Å²) in [6.07, 6.45) is -0.208. The Morgan fingerprint density at radius 2 is 2.36 bits per heavy atom. The lowest BCUT2D eigenvalue weighted by atomic mass is 9.70. The Morgan fingerprint density at radius 1 is 1.64 bits per heavy atom. The van der Waals surface area contributed by atoms with E-state index in [0.717, 1.165) is 6.54 Å². The van der Waals surface area contributed by atoms with Crippen molar-refractivity contribution in [3.8, 4) is 0 Å². The Labute approximate surface area is 82.8 Å². The molecule has 3 saturated heterocycles. The van der Waals surface area contributed by atoms with Gasteiger partial charge in [-0.15, -0.1) is 0 Å². The van der Waals surface area contributed by atoms with E-state index >= 15 is 0 Å². The maximum Gasteiger partial charge on any atom is 0.410 e. The van der Waals surface area contributed by atoms with Crippen molar-refractivity contribution in [2.24, 2.45) is 11.7 Å². The van der Waals surface area contributed by atoms with Gasteiger partial charge < -0.3 is 10.5 Å². The zero-order valence-corrected chi connectivity index (χ0v) is 8.49. The van der Waals surface area contributed by atoms with E-state index in [1.807, 2.05) is 7.05 Å². The molecule has 0 radical (unpaired) electrons. The Hall–Kier alpha value is -0.810. The molecule has 3 fully saturated rings. The Balaban J connectivity index is 2.05. The van der Waals surface area contributed by atoms with Gasteiger partial charge in [0, 0.05) is 12.5 Å². The van der Waals surface area contributed by atoms with Gasteiger partial charge in [0.25, 0.3) is 0 Å². The van der Waals surface area contributed by atoms with Crippen LogP contribution >= 0.6 is 0 Å². The lowest BCUT2D eigenvalue weighted by Gasteiger charge is -2.63. The van der Waals surface area contributed by atoms with Gasteiger partial charge in [-0.1, -0.05) is 0 Å². The minimum atomic E-state index is -0.336. The van der Waals surface area contributed by atoms with E-state index in [2.05, 4.69) is 11.8 Å². The summed E-state index contributed by atoms with van der Waals surface area (Å²) in [5.74, 6) is 0.351. The van der Waals surface area contributed by atoms with Gasteiger partial charge in [0.1, 0.15) is 5.66 Å². The normalized spacial score (nSPS) is 51.2. The highest BCUT2D eigenvalue weighted by atomic mass is 16.6. The van der Waals surface area contributed by atoms with Gasteiger partial charge in [-0.05, 0) is 14.0 Å². The molecule has 0 aromatic heterocycles. The monoisotopic (exact) mass is 197 g/mol. The minimum Gasteiger partial charge on any atom is -0.449 e. The summed E-state index contributed by atoms with van der Waals surface area (Å²) >= 11 is 0. The van der Waals surface area contributed by atoms with Gasteiger partial charge in [-0.25, -0.2) is 4.79 Å². The number of amides is 1. The number of cyclic esters (lactones) is 1. The maximum absolute atomic E-state index is 11.5. The van der Waals surface area contributed by atoms with E-state index in [9.17, 15) is 4.79 Å². The van der Waals surface area contributed by atoms with Gasteiger partial charge in [0.2, 0.25) is 0 Å². The molecule has 2 N–H and O–H groups in total. The molecule has 3 heterocycles. The largest absolute Gasteiger partial charge is 0.449 e. The number of hydrogen-bond acceptors (Lipinski definition) is 4. The smallest absolute Gasteiger partial charge is 0.410 e. The lowest BCUT2D eigenvalue weighted by Crippen LogP contribution is -2.86. The molecule has 3 unspecified atom stereocenters. The number of ether oxygens (including phenoxy) is 1. The second-order valence-electron chi connectivity index (χ2n) is 4.81. The first kappa shape index (κ1) is 8.49. The number of likely N-dealkylation sites (N-methyl/N-ethyl adjacent to an activating group) is 1. The molecular formula is C9H15N3O2. The summed E-state index contributed by atoms with van der Waals surface area (Å²) in [4.78, 5) is 15.4. The highest BCUT2D eigenvalue weighted by Gasteiger charge is 2.73. The number of nitrogens with zero attached hydrogens (tertiary/aromatic N) is 2. The first-order valence-electron chi connectivity index (χ1n) is 4.94. The van der Waals surface area contributed by atoms with Crippen LogP contribution in [-0.4, -0.2) is 53.8 Å². The van der Waals surface area contributed by atoms with E-state index < -0.39 is 0 Å². The molecular weight excluding hydrogens is 182 g/mol. The molecule has 0 aromatic carbocycles. The van der Waals surface area contributed by atoms with Crippen molar-refractivity contribution in [1.82, 2.24) is 9.80 Å². The standard InChI is InChI=1S/C9H15N3O2/c1-8-6-3-11(2)9(8,10)5-12(8)7(13)14-4-6/h6H,3-5,10H2,1-2H3. The number of hydrogen-bond donors (Lipinski definition) is 1. The molecule has 78 valence electrons. The number of carbonyl (C=O) groups excluding carboxylic acids is 1. The van der Waals surface area contributed by atoms with Crippen LogP contribution in [0.3, 0.4) is 0 Å². The van der Waals surface area contributed by atoms with Gasteiger partial charge in [-0.3, -0.25) is 9.80 Å². The van der Waals surface area contributed by atoms with Crippen LogP contribution in [0.25, 0.3) is 0 Å². The molecule has 3 aliphatic rings.